The molecule has 1 aromatic rings. The molecule has 1 unspecified atom stereocenters. The lowest BCUT2D eigenvalue weighted by Gasteiger charge is -2.13. The van der Waals surface area contributed by atoms with Crippen molar-refractivity contribution in [2.45, 2.75) is 45.3 Å². The molecule has 0 spiro atoms. The number of nitriles is 1. The number of amides is 1. The van der Waals surface area contributed by atoms with Gasteiger partial charge in [-0.2, -0.15) is 5.26 Å². The van der Waals surface area contributed by atoms with Gasteiger partial charge >= 0.3 is 0 Å². The second-order valence-corrected chi connectivity index (χ2v) is 6.04. The summed E-state index contributed by atoms with van der Waals surface area (Å²) in [5, 5.41) is 12.3. The van der Waals surface area contributed by atoms with Crippen molar-refractivity contribution >= 4 is 17.7 Å². The van der Waals surface area contributed by atoms with Crippen molar-refractivity contribution in [1.29, 1.82) is 5.26 Å². The van der Waals surface area contributed by atoms with E-state index in [0.29, 0.717) is 17.5 Å². The number of carbonyl (C=O) groups excluding carboxylic acids is 1. The third-order valence-corrected chi connectivity index (χ3v) is 3.34. The van der Waals surface area contributed by atoms with Gasteiger partial charge in [0.2, 0.25) is 5.91 Å². The van der Waals surface area contributed by atoms with Gasteiger partial charge in [0, 0.05) is 11.4 Å². The van der Waals surface area contributed by atoms with Crippen LogP contribution in [0.2, 0.25) is 0 Å². The van der Waals surface area contributed by atoms with Crippen LogP contribution in [-0.2, 0) is 4.79 Å². The first-order valence-electron chi connectivity index (χ1n) is 6.54. The minimum absolute atomic E-state index is 0.162. The number of hydrogen-bond acceptors (Lipinski definition) is 5. The fourth-order valence-electron chi connectivity index (χ4n) is 1.74. The van der Waals surface area contributed by atoms with Crippen LogP contribution in [0.15, 0.2) is 11.2 Å². The Bertz CT molecular complexity index is 490. The highest BCUT2D eigenvalue weighted by molar-refractivity contribution is 7.99. The number of hydrogen-bond donors (Lipinski definition) is 1. The van der Waals surface area contributed by atoms with Gasteiger partial charge in [-0.3, -0.25) is 4.79 Å². The predicted octanol–water partition coefficient (Wildman–Crippen LogP) is 2.24. The Kier molecular flexibility index (Phi) is 6.46. The standard InChI is InChI=1S/C14H20N4OS/c1-9(2)5-12(7-15)18-13(19)8-20-14-16-10(3)6-11(4)17-14/h6,9,12H,5,8H2,1-4H3,(H,18,19). The molecule has 0 aliphatic rings. The number of rotatable bonds is 6. The van der Waals surface area contributed by atoms with Crippen LogP contribution in [-0.4, -0.2) is 27.7 Å². The number of thioether (sulfide) groups is 1. The Morgan fingerprint density at radius 2 is 2.00 bits per heavy atom. The summed E-state index contributed by atoms with van der Waals surface area (Å²) in [5.74, 6) is 0.430. The molecule has 0 radical (unpaired) electrons. The average Bonchev–Trinajstić information content (AvgIpc) is 2.34. The Morgan fingerprint density at radius 1 is 1.40 bits per heavy atom. The molecule has 20 heavy (non-hydrogen) atoms. The number of aromatic nitrogens is 2. The van der Waals surface area contributed by atoms with E-state index in [-0.39, 0.29) is 11.7 Å². The third kappa shape index (κ3) is 6.02. The maximum absolute atomic E-state index is 11.8. The van der Waals surface area contributed by atoms with E-state index in [1.807, 2.05) is 33.8 Å². The van der Waals surface area contributed by atoms with E-state index < -0.39 is 6.04 Å². The third-order valence-electron chi connectivity index (χ3n) is 2.49. The van der Waals surface area contributed by atoms with Crippen molar-refractivity contribution in [1.82, 2.24) is 15.3 Å². The average molecular weight is 292 g/mol. The van der Waals surface area contributed by atoms with Crippen LogP contribution in [0, 0.1) is 31.1 Å². The van der Waals surface area contributed by atoms with E-state index in [0.717, 1.165) is 11.4 Å². The van der Waals surface area contributed by atoms with E-state index in [2.05, 4.69) is 21.4 Å². The lowest BCUT2D eigenvalue weighted by atomic mass is 10.1. The van der Waals surface area contributed by atoms with Crippen molar-refractivity contribution < 1.29 is 4.79 Å². The van der Waals surface area contributed by atoms with Gasteiger partial charge in [0.15, 0.2) is 5.16 Å². The zero-order valence-corrected chi connectivity index (χ0v) is 13.1. The Labute approximate surface area is 124 Å². The molecule has 5 nitrogen and oxygen atoms in total. The minimum atomic E-state index is -0.428. The molecule has 1 heterocycles. The predicted molar refractivity (Wildman–Crippen MR) is 79.2 cm³/mol. The Hall–Kier alpha value is -1.61. The summed E-state index contributed by atoms with van der Waals surface area (Å²) in [4.78, 5) is 20.3. The number of nitrogens with one attached hydrogen (secondary N) is 1. The second kappa shape index (κ2) is 7.85. The summed E-state index contributed by atoms with van der Waals surface area (Å²) in [5.41, 5.74) is 1.77. The summed E-state index contributed by atoms with van der Waals surface area (Å²) >= 11 is 1.28. The van der Waals surface area contributed by atoms with Crippen LogP contribution >= 0.6 is 11.8 Å². The molecule has 6 heteroatoms. The molecule has 0 aliphatic carbocycles. The van der Waals surface area contributed by atoms with Gasteiger partial charge in [-0.05, 0) is 32.3 Å². The Morgan fingerprint density at radius 3 is 2.50 bits per heavy atom. The summed E-state index contributed by atoms with van der Waals surface area (Å²) in [6.45, 7) is 7.84. The fraction of sp³-hybridized carbons (Fsp3) is 0.571. The van der Waals surface area contributed by atoms with Crippen molar-refractivity contribution in [3.63, 3.8) is 0 Å². The van der Waals surface area contributed by atoms with Crippen molar-refractivity contribution in [2.24, 2.45) is 5.92 Å². The zero-order chi connectivity index (χ0) is 15.1. The molecule has 0 aliphatic heterocycles. The number of aryl methyl sites for hydroxylation is 2. The molecule has 1 rings (SSSR count). The number of carbonyl (C=O) groups is 1. The van der Waals surface area contributed by atoms with Crippen LogP contribution < -0.4 is 5.32 Å². The van der Waals surface area contributed by atoms with Crippen LogP contribution in [0.1, 0.15) is 31.7 Å². The SMILES string of the molecule is Cc1cc(C)nc(SCC(=O)NC(C#N)CC(C)C)n1. The quantitative estimate of drug-likeness (QED) is 0.642. The largest absolute Gasteiger partial charge is 0.340 e. The van der Waals surface area contributed by atoms with E-state index in [1.54, 1.807) is 0 Å². The van der Waals surface area contributed by atoms with Crippen LogP contribution in [0.4, 0.5) is 0 Å². The van der Waals surface area contributed by atoms with Crippen molar-refractivity contribution in [2.75, 3.05) is 5.75 Å². The smallest absolute Gasteiger partial charge is 0.231 e. The Balaban J connectivity index is 2.48. The first kappa shape index (κ1) is 16.4. The van der Waals surface area contributed by atoms with E-state index in [4.69, 9.17) is 5.26 Å². The molecule has 1 atom stereocenters. The lowest BCUT2D eigenvalue weighted by Crippen LogP contribution is -2.35. The highest BCUT2D eigenvalue weighted by Crippen LogP contribution is 2.14. The van der Waals surface area contributed by atoms with Crippen LogP contribution in [0.5, 0.6) is 0 Å². The maximum atomic E-state index is 11.8. The van der Waals surface area contributed by atoms with Gasteiger partial charge in [-0.1, -0.05) is 25.6 Å². The van der Waals surface area contributed by atoms with Gasteiger partial charge in [0.05, 0.1) is 11.8 Å². The van der Waals surface area contributed by atoms with Crippen molar-refractivity contribution in [3.05, 3.63) is 17.5 Å². The summed E-state index contributed by atoms with van der Waals surface area (Å²) in [7, 11) is 0. The minimum Gasteiger partial charge on any atom is -0.340 e. The molecule has 1 aromatic heterocycles. The molecule has 1 N–H and O–H groups in total. The molecule has 0 fully saturated rings. The van der Waals surface area contributed by atoms with Gasteiger partial charge in [-0.25, -0.2) is 9.97 Å². The molecule has 0 saturated heterocycles. The summed E-state index contributed by atoms with van der Waals surface area (Å²) < 4.78 is 0. The first-order valence-corrected chi connectivity index (χ1v) is 7.53. The molecular formula is C14H20N4OS. The molecule has 108 valence electrons. The maximum Gasteiger partial charge on any atom is 0.231 e. The second-order valence-electron chi connectivity index (χ2n) is 5.10. The fourth-order valence-corrected chi connectivity index (χ4v) is 2.50. The van der Waals surface area contributed by atoms with Gasteiger partial charge in [-0.15, -0.1) is 0 Å². The lowest BCUT2D eigenvalue weighted by molar-refractivity contribution is -0.119. The van der Waals surface area contributed by atoms with Gasteiger partial charge < -0.3 is 5.32 Å². The summed E-state index contributed by atoms with van der Waals surface area (Å²) in [6, 6.07) is 3.57. The summed E-state index contributed by atoms with van der Waals surface area (Å²) in [6.07, 6.45) is 0.660. The topological polar surface area (TPSA) is 78.7 Å². The number of nitrogens with zero attached hydrogens (tertiary/aromatic N) is 3. The van der Waals surface area contributed by atoms with E-state index >= 15 is 0 Å². The van der Waals surface area contributed by atoms with Crippen molar-refractivity contribution in [3.8, 4) is 6.07 Å². The highest BCUT2D eigenvalue weighted by Gasteiger charge is 2.13. The van der Waals surface area contributed by atoms with Crippen LogP contribution in [0.25, 0.3) is 0 Å². The molecule has 1 amide bonds. The van der Waals surface area contributed by atoms with Crippen LogP contribution in [0.3, 0.4) is 0 Å². The highest BCUT2D eigenvalue weighted by atomic mass is 32.2. The van der Waals surface area contributed by atoms with Gasteiger partial charge in [0.25, 0.3) is 0 Å². The molecule has 0 aromatic carbocycles. The molecule has 0 bridgehead atoms. The first-order chi connectivity index (χ1) is 9.40. The molecular weight excluding hydrogens is 272 g/mol. The van der Waals surface area contributed by atoms with E-state index in [1.165, 1.54) is 11.8 Å². The monoisotopic (exact) mass is 292 g/mol. The zero-order valence-electron chi connectivity index (χ0n) is 12.3. The van der Waals surface area contributed by atoms with E-state index in [9.17, 15) is 4.79 Å². The molecule has 0 saturated carbocycles. The van der Waals surface area contributed by atoms with Gasteiger partial charge in [0.1, 0.15) is 6.04 Å². The normalized spacial score (nSPS) is 12.0.